The normalized spacial score (nSPS) is 24.7. The summed E-state index contributed by atoms with van der Waals surface area (Å²) in [5.41, 5.74) is 1.47. The van der Waals surface area contributed by atoms with Gasteiger partial charge in [-0.3, -0.25) is 4.79 Å². The number of carbonyl (C=O) groups is 1. The molecule has 0 bridgehead atoms. The highest BCUT2D eigenvalue weighted by atomic mass is 16.5. The fourth-order valence-electron chi connectivity index (χ4n) is 3.88. The van der Waals surface area contributed by atoms with Crippen LogP contribution in [0.3, 0.4) is 0 Å². The maximum atomic E-state index is 13.8. The molecule has 0 aliphatic carbocycles. The molecule has 7 nitrogen and oxygen atoms in total. The summed E-state index contributed by atoms with van der Waals surface area (Å²) >= 11 is 0. The van der Waals surface area contributed by atoms with Gasteiger partial charge in [0.2, 0.25) is 0 Å². The van der Waals surface area contributed by atoms with Crippen LogP contribution in [-0.2, 0) is 4.74 Å². The Labute approximate surface area is 187 Å². The fourth-order valence-corrected chi connectivity index (χ4v) is 3.88. The summed E-state index contributed by atoms with van der Waals surface area (Å²) < 4.78 is 12.4. The highest BCUT2D eigenvalue weighted by Gasteiger charge is 2.29. The van der Waals surface area contributed by atoms with Gasteiger partial charge in [0.05, 0.1) is 30.4 Å². The Bertz CT molecular complexity index is 697. The van der Waals surface area contributed by atoms with Gasteiger partial charge in [0.15, 0.2) is 0 Å². The average molecular weight is 436 g/mol. The average Bonchev–Trinajstić information content (AvgIpc) is 2.74. The van der Waals surface area contributed by atoms with Crippen LogP contribution >= 0.6 is 0 Å². The zero-order valence-corrected chi connectivity index (χ0v) is 20.1. The van der Waals surface area contributed by atoms with Gasteiger partial charge in [0.1, 0.15) is 5.75 Å². The van der Waals surface area contributed by atoms with Crippen molar-refractivity contribution in [3.63, 3.8) is 0 Å². The Morgan fingerprint density at radius 3 is 2.68 bits per heavy atom. The van der Waals surface area contributed by atoms with Crippen molar-refractivity contribution in [2.75, 3.05) is 52.3 Å². The molecule has 1 aromatic carbocycles. The molecular formula is C24H41N3O4. The van der Waals surface area contributed by atoms with Crippen LogP contribution < -0.4 is 15.0 Å². The Hall–Kier alpha value is -1.83. The molecule has 0 radical (unpaired) electrons. The number of nitrogens with zero attached hydrogens (tertiary/aromatic N) is 2. The number of rotatable bonds is 5. The minimum Gasteiger partial charge on any atom is -0.490 e. The standard InChI is InChI=1S/C24H41N3O4/c1-17-15-27(18(2)16-28)24(29)21-13-20(26(5)6)10-11-22(21)31-19(3)9-7-8-12-30-23(17)14-25-4/h10-11,13,17-19,23,25,28H,7-9,12,14-16H2,1-6H3/t17-,18+,19-,23-/m1/s1. The topological polar surface area (TPSA) is 74.3 Å². The molecule has 0 aromatic heterocycles. The summed E-state index contributed by atoms with van der Waals surface area (Å²) in [6.45, 7) is 7.83. The van der Waals surface area contributed by atoms with Crippen molar-refractivity contribution in [1.82, 2.24) is 10.2 Å². The summed E-state index contributed by atoms with van der Waals surface area (Å²) in [6.07, 6.45) is 2.87. The third-order valence-electron chi connectivity index (χ3n) is 5.96. The lowest BCUT2D eigenvalue weighted by molar-refractivity contribution is -0.000449. The van der Waals surface area contributed by atoms with Crippen molar-refractivity contribution in [1.29, 1.82) is 0 Å². The van der Waals surface area contributed by atoms with Gasteiger partial charge in [-0.05, 0) is 58.4 Å². The fraction of sp³-hybridized carbons (Fsp3) is 0.708. The van der Waals surface area contributed by atoms with Gasteiger partial charge in [-0.1, -0.05) is 6.92 Å². The summed E-state index contributed by atoms with van der Waals surface area (Å²) in [6, 6.07) is 5.44. The number of amides is 1. The summed E-state index contributed by atoms with van der Waals surface area (Å²) in [4.78, 5) is 17.5. The van der Waals surface area contributed by atoms with Crippen LogP contribution in [0.25, 0.3) is 0 Å². The van der Waals surface area contributed by atoms with Crippen molar-refractivity contribution in [2.45, 2.75) is 58.3 Å². The van der Waals surface area contributed by atoms with Crippen LogP contribution in [0.15, 0.2) is 18.2 Å². The first kappa shape index (κ1) is 25.4. The summed E-state index contributed by atoms with van der Waals surface area (Å²) in [5.74, 6) is 0.583. The molecule has 0 unspecified atom stereocenters. The van der Waals surface area contributed by atoms with Gasteiger partial charge in [-0.15, -0.1) is 0 Å². The van der Waals surface area contributed by atoms with Crippen LogP contribution in [0.1, 0.15) is 50.4 Å². The predicted octanol–water partition coefficient (Wildman–Crippen LogP) is 2.77. The number of fused-ring (bicyclic) bond motifs is 1. The Morgan fingerprint density at radius 2 is 2.03 bits per heavy atom. The first-order valence-corrected chi connectivity index (χ1v) is 11.4. The van der Waals surface area contributed by atoms with Gasteiger partial charge in [-0.25, -0.2) is 0 Å². The third-order valence-corrected chi connectivity index (χ3v) is 5.96. The number of nitrogens with one attached hydrogen (secondary N) is 1. The number of benzene rings is 1. The Morgan fingerprint density at radius 1 is 1.29 bits per heavy atom. The molecule has 2 rings (SSSR count). The molecular weight excluding hydrogens is 394 g/mol. The van der Waals surface area contributed by atoms with E-state index in [0.717, 1.165) is 31.5 Å². The van der Waals surface area contributed by atoms with E-state index >= 15 is 0 Å². The molecule has 176 valence electrons. The Balaban J connectivity index is 2.47. The van der Waals surface area contributed by atoms with Gasteiger partial charge in [0, 0.05) is 45.4 Å². The zero-order chi connectivity index (χ0) is 23.0. The van der Waals surface area contributed by atoms with E-state index in [1.54, 1.807) is 4.90 Å². The lowest BCUT2D eigenvalue weighted by Crippen LogP contribution is -2.47. The van der Waals surface area contributed by atoms with E-state index in [2.05, 4.69) is 12.2 Å². The second kappa shape index (κ2) is 12.3. The highest BCUT2D eigenvalue weighted by Crippen LogP contribution is 2.29. The first-order chi connectivity index (χ1) is 14.8. The van der Waals surface area contributed by atoms with Crippen molar-refractivity contribution in [3.05, 3.63) is 23.8 Å². The third kappa shape index (κ3) is 7.09. The number of hydrogen-bond acceptors (Lipinski definition) is 6. The molecule has 4 atom stereocenters. The molecule has 7 heteroatoms. The van der Waals surface area contributed by atoms with Gasteiger partial charge in [0.25, 0.3) is 5.91 Å². The van der Waals surface area contributed by atoms with E-state index in [-0.39, 0.29) is 36.7 Å². The van der Waals surface area contributed by atoms with E-state index < -0.39 is 0 Å². The van der Waals surface area contributed by atoms with Crippen molar-refractivity contribution in [3.8, 4) is 5.75 Å². The minimum absolute atomic E-state index is 0.00422. The number of carbonyl (C=O) groups excluding carboxylic acids is 1. The van der Waals surface area contributed by atoms with E-state index in [1.807, 2.05) is 58.1 Å². The van der Waals surface area contributed by atoms with Gasteiger partial charge < -0.3 is 29.7 Å². The highest BCUT2D eigenvalue weighted by molar-refractivity contribution is 5.98. The SMILES string of the molecule is CNC[C@H]1OCCCC[C@@H](C)Oc2ccc(N(C)C)cc2C(=O)N([C@@H](C)CO)C[C@H]1C. The molecule has 0 fully saturated rings. The molecule has 1 aromatic rings. The second-order valence-corrected chi connectivity index (χ2v) is 8.93. The smallest absolute Gasteiger partial charge is 0.258 e. The zero-order valence-electron chi connectivity index (χ0n) is 20.1. The molecule has 1 amide bonds. The second-order valence-electron chi connectivity index (χ2n) is 8.93. The number of aliphatic hydroxyl groups excluding tert-OH is 1. The molecule has 0 saturated heterocycles. The predicted molar refractivity (Wildman–Crippen MR) is 125 cm³/mol. The molecule has 31 heavy (non-hydrogen) atoms. The lowest BCUT2D eigenvalue weighted by atomic mass is 10.0. The van der Waals surface area contributed by atoms with Gasteiger partial charge in [-0.2, -0.15) is 0 Å². The number of anilines is 1. The van der Waals surface area contributed by atoms with Crippen molar-refractivity contribution < 1.29 is 19.4 Å². The van der Waals surface area contributed by atoms with Crippen LogP contribution in [0.5, 0.6) is 5.75 Å². The van der Waals surface area contributed by atoms with Crippen LogP contribution in [0, 0.1) is 5.92 Å². The summed E-state index contributed by atoms with van der Waals surface area (Å²) in [7, 11) is 5.82. The lowest BCUT2D eigenvalue weighted by Gasteiger charge is -2.34. The van der Waals surface area contributed by atoms with Crippen LogP contribution in [-0.4, -0.2) is 81.6 Å². The molecule has 0 spiro atoms. The maximum Gasteiger partial charge on any atom is 0.258 e. The number of aliphatic hydroxyl groups is 1. The van der Waals surface area contributed by atoms with Gasteiger partial charge >= 0.3 is 0 Å². The van der Waals surface area contributed by atoms with Crippen molar-refractivity contribution in [2.24, 2.45) is 5.92 Å². The molecule has 2 N–H and O–H groups in total. The van der Waals surface area contributed by atoms with E-state index in [4.69, 9.17) is 9.47 Å². The molecule has 1 heterocycles. The molecule has 1 aliphatic heterocycles. The quantitative estimate of drug-likeness (QED) is 0.741. The first-order valence-electron chi connectivity index (χ1n) is 11.4. The number of ether oxygens (including phenoxy) is 2. The number of likely N-dealkylation sites (N-methyl/N-ethyl adjacent to an activating group) is 1. The minimum atomic E-state index is -0.314. The van der Waals surface area contributed by atoms with Crippen LogP contribution in [0.2, 0.25) is 0 Å². The molecule has 1 aliphatic rings. The number of hydrogen-bond donors (Lipinski definition) is 2. The van der Waals surface area contributed by atoms with E-state index in [9.17, 15) is 9.90 Å². The van der Waals surface area contributed by atoms with Crippen LogP contribution in [0.4, 0.5) is 5.69 Å². The monoisotopic (exact) mass is 435 g/mol. The van der Waals surface area contributed by atoms with Crippen molar-refractivity contribution >= 4 is 11.6 Å². The van der Waals surface area contributed by atoms with E-state index in [1.165, 1.54) is 0 Å². The van der Waals surface area contributed by atoms with E-state index in [0.29, 0.717) is 24.5 Å². The Kier molecular flexibility index (Phi) is 10.1. The maximum absolute atomic E-state index is 13.8. The largest absolute Gasteiger partial charge is 0.490 e. The molecule has 0 saturated carbocycles. The summed E-state index contributed by atoms with van der Waals surface area (Å²) in [5, 5.41) is 13.1.